The summed E-state index contributed by atoms with van der Waals surface area (Å²) in [5.41, 5.74) is 0.877. The predicted octanol–water partition coefficient (Wildman–Crippen LogP) is 2.11. The van der Waals surface area contributed by atoms with E-state index in [0.717, 1.165) is 12.1 Å². The molecule has 0 amide bonds. The predicted molar refractivity (Wildman–Crippen MR) is 81.7 cm³/mol. The van der Waals surface area contributed by atoms with Crippen molar-refractivity contribution in [3.8, 4) is 0 Å². The van der Waals surface area contributed by atoms with Crippen LogP contribution in [0.4, 0.5) is 4.39 Å². The average molecular weight is 305 g/mol. The Morgan fingerprint density at radius 1 is 1.45 bits per heavy atom. The van der Waals surface area contributed by atoms with Gasteiger partial charge in [0.1, 0.15) is 12.4 Å². The molecule has 0 atom stereocenters. The molecule has 7 heteroatoms. The van der Waals surface area contributed by atoms with Crippen LogP contribution >= 0.6 is 0 Å². The molecule has 1 aromatic carbocycles. The number of guanidine groups is 1. The lowest BCUT2D eigenvalue weighted by Gasteiger charge is -2.22. The van der Waals surface area contributed by atoms with Gasteiger partial charge in [-0.25, -0.2) is 9.38 Å². The smallest absolute Gasteiger partial charge is 0.248 e. The Kier molecular flexibility index (Phi) is 5.46. The van der Waals surface area contributed by atoms with E-state index in [0.29, 0.717) is 30.8 Å². The molecule has 0 aliphatic rings. The number of halogens is 1. The Bertz CT molecular complexity index is 640. The van der Waals surface area contributed by atoms with Crippen LogP contribution in [0.1, 0.15) is 24.2 Å². The minimum absolute atomic E-state index is 0.242. The van der Waals surface area contributed by atoms with Gasteiger partial charge in [-0.15, -0.1) is 0 Å². The van der Waals surface area contributed by atoms with E-state index in [1.165, 1.54) is 12.1 Å². The van der Waals surface area contributed by atoms with E-state index in [1.807, 2.05) is 24.9 Å². The number of rotatable bonds is 5. The summed E-state index contributed by atoms with van der Waals surface area (Å²) in [6.07, 6.45) is 0. The zero-order valence-electron chi connectivity index (χ0n) is 13.0. The molecule has 1 heterocycles. The van der Waals surface area contributed by atoms with Crippen molar-refractivity contribution in [1.82, 2.24) is 20.4 Å². The molecule has 118 valence electrons. The molecule has 1 aromatic heterocycles. The number of aryl methyl sites for hydroxylation is 1. The number of aliphatic imine (C=N–C) groups is 1. The first-order valence-corrected chi connectivity index (χ1v) is 7.11. The highest BCUT2D eigenvalue weighted by atomic mass is 19.1. The fraction of sp³-hybridized carbons (Fsp3) is 0.400. The molecule has 22 heavy (non-hydrogen) atoms. The van der Waals surface area contributed by atoms with E-state index >= 15 is 0 Å². The summed E-state index contributed by atoms with van der Waals surface area (Å²) in [5.74, 6) is 1.51. The molecule has 0 unspecified atom stereocenters. The van der Waals surface area contributed by atoms with Crippen molar-refractivity contribution in [3.63, 3.8) is 0 Å². The third kappa shape index (κ3) is 4.54. The van der Waals surface area contributed by atoms with Gasteiger partial charge in [-0.3, -0.25) is 0 Å². The summed E-state index contributed by atoms with van der Waals surface area (Å²) in [4.78, 5) is 10.5. The highest BCUT2D eigenvalue weighted by molar-refractivity contribution is 5.79. The van der Waals surface area contributed by atoms with E-state index < -0.39 is 0 Å². The van der Waals surface area contributed by atoms with Crippen LogP contribution in [0.2, 0.25) is 0 Å². The Balaban J connectivity index is 2.05. The van der Waals surface area contributed by atoms with E-state index in [2.05, 4.69) is 20.4 Å². The van der Waals surface area contributed by atoms with Crippen LogP contribution in [0.15, 0.2) is 33.8 Å². The summed E-state index contributed by atoms with van der Waals surface area (Å²) in [6, 6.07) is 6.52. The zero-order chi connectivity index (χ0) is 15.9. The normalized spacial score (nSPS) is 11.5. The van der Waals surface area contributed by atoms with Gasteiger partial charge in [0.15, 0.2) is 11.8 Å². The zero-order valence-corrected chi connectivity index (χ0v) is 13.0. The minimum atomic E-state index is -0.242. The first-order chi connectivity index (χ1) is 10.6. The van der Waals surface area contributed by atoms with E-state index in [4.69, 9.17) is 4.52 Å². The van der Waals surface area contributed by atoms with Crippen molar-refractivity contribution in [2.75, 3.05) is 13.6 Å². The van der Waals surface area contributed by atoms with Crippen molar-refractivity contribution < 1.29 is 8.91 Å². The number of hydrogen-bond acceptors (Lipinski definition) is 4. The second-order valence-electron chi connectivity index (χ2n) is 4.89. The molecule has 0 aliphatic heterocycles. The summed E-state index contributed by atoms with van der Waals surface area (Å²) < 4.78 is 18.3. The summed E-state index contributed by atoms with van der Waals surface area (Å²) >= 11 is 0. The molecular weight excluding hydrogens is 285 g/mol. The van der Waals surface area contributed by atoms with Crippen LogP contribution in [0.25, 0.3) is 0 Å². The molecule has 0 saturated heterocycles. The van der Waals surface area contributed by atoms with Gasteiger partial charge in [0.25, 0.3) is 0 Å². The van der Waals surface area contributed by atoms with Crippen molar-refractivity contribution in [3.05, 3.63) is 47.4 Å². The van der Waals surface area contributed by atoms with Gasteiger partial charge in [0, 0.05) is 20.1 Å². The van der Waals surface area contributed by atoms with Crippen molar-refractivity contribution >= 4 is 5.96 Å². The van der Waals surface area contributed by atoms with Crippen LogP contribution < -0.4 is 5.32 Å². The van der Waals surface area contributed by atoms with Crippen molar-refractivity contribution in [2.45, 2.75) is 26.9 Å². The average Bonchev–Trinajstić information content (AvgIpc) is 2.89. The Morgan fingerprint density at radius 2 is 2.27 bits per heavy atom. The molecule has 0 aliphatic carbocycles. The van der Waals surface area contributed by atoms with E-state index in [1.54, 1.807) is 13.0 Å². The highest BCUT2D eigenvalue weighted by Crippen LogP contribution is 2.07. The summed E-state index contributed by atoms with van der Waals surface area (Å²) in [6.45, 7) is 5.33. The molecule has 0 saturated carbocycles. The molecule has 2 aromatic rings. The third-order valence-corrected chi connectivity index (χ3v) is 2.94. The molecule has 6 nitrogen and oxygen atoms in total. The quantitative estimate of drug-likeness (QED) is 0.677. The van der Waals surface area contributed by atoms with Crippen LogP contribution in [0, 0.1) is 12.7 Å². The van der Waals surface area contributed by atoms with Crippen LogP contribution in [0.3, 0.4) is 0 Å². The maximum absolute atomic E-state index is 13.2. The Morgan fingerprint density at radius 3 is 2.91 bits per heavy atom. The largest absolute Gasteiger partial charge is 0.357 e. The lowest BCUT2D eigenvalue weighted by atomic mass is 10.2. The second-order valence-corrected chi connectivity index (χ2v) is 4.89. The van der Waals surface area contributed by atoms with Gasteiger partial charge in [-0.05, 0) is 31.5 Å². The van der Waals surface area contributed by atoms with Crippen LogP contribution in [0.5, 0.6) is 0 Å². The van der Waals surface area contributed by atoms with Gasteiger partial charge < -0.3 is 14.7 Å². The number of benzene rings is 1. The lowest BCUT2D eigenvalue weighted by Crippen LogP contribution is -2.38. The Labute approximate surface area is 129 Å². The SMILES string of the molecule is CCNC(=NCc1nc(C)no1)N(C)Cc1cccc(F)c1. The first kappa shape index (κ1) is 15.9. The standard InChI is InChI=1S/C15H20FN5O/c1-4-17-15(18-9-14-19-11(2)20-22-14)21(3)10-12-6-5-7-13(16)8-12/h5-8H,4,9-10H2,1-3H3,(H,17,18). The fourth-order valence-corrected chi connectivity index (χ4v) is 2.00. The molecule has 0 fully saturated rings. The molecule has 1 N–H and O–H groups in total. The van der Waals surface area contributed by atoms with Gasteiger partial charge in [0.05, 0.1) is 0 Å². The van der Waals surface area contributed by atoms with E-state index in [9.17, 15) is 4.39 Å². The van der Waals surface area contributed by atoms with Gasteiger partial charge in [0.2, 0.25) is 5.89 Å². The van der Waals surface area contributed by atoms with Crippen LogP contribution in [-0.4, -0.2) is 34.6 Å². The highest BCUT2D eigenvalue weighted by Gasteiger charge is 2.08. The van der Waals surface area contributed by atoms with Crippen LogP contribution in [-0.2, 0) is 13.1 Å². The Hall–Kier alpha value is -2.44. The monoisotopic (exact) mass is 305 g/mol. The van der Waals surface area contributed by atoms with Gasteiger partial charge >= 0.3 is 0 Å². The summed E-state index contributed by atoms with van der Waals surface area (Å²) in [5, 5.41) is 6.92. The number of aromatic nitrogens is 2. The van der Waals surface area contributed by atoms with Gasteiger partial charge in [-0.2, -0.15) is 4.98 Å². The third-order valence-electron chi connectivity index (χ3n) is 2.94. The van der Waals surface area contributed by atoms with Gasteiger partial charge in [-0.1, -0.05) is 17.3 Å². The van der Waals surface area contributed by atoms with E-state index in [-0.39, 0.29) is 5.82 Å². The molecule has 0 radical (unpaired) electrons. The molecule has 0 bridgehead atoms. The van der Waals surface area contributed by atoms with Crippen molar-refractivity contribution in [2.24, 2.45) is 4.99 Å². The first-order valence-electron chi connectivity index (χ1n) is 7.11. The lowest BCUT2D eigenvalue weighted by molar-refractivity contribution is 0.375. The maximum atomic E-state index is 13.2. The summed E-state index contributed by atoms with van der Waals surface area (Å²) in [7, 11) is 1.89. The molecule has 0 spiro atoms. The molecular formula is C15H20FN5O. The molecule has 2 rings (SSSR count). The number of nitrogens with zero attached hydrogens (tertiary/aromatic N) is 4. The fourth-order valence-electron chi connectivity index (χ4n) is 2.00. The number of nitrogens with one attached hydrogen (secondary N) is 1. The number of hydrogen-bond donors (Lipinski definition) is 1. The topological polar surface area (TPSA) is 66.5 Å². The van der Waals surface area contributed by atoms with Crippen molar-refractivity contribution in [1.29, 1.82) is 0 Å². The second kappa shape index (κ2) is 7.53. The maximum Gasteiger partial charge on any atom is 0.248 e. The minimum Gasteiger partial charge on any atom is -0.357 e.